The van der Waals surface area contributed by atoms with E-state index in [9.17, 15) is 18.0 Å². The van der Waals surface area contributed by atoms with Crippen molar-refractivity contribution in [3.8, 4) is 0 Å². The van der Waals surface area contributed by atoms with E-state index < -0.39 is 32.3 Å². The zero-order chi connectivity index (χ0) is 19.4. The van der Waals surface area contributed by atoms with Crippen LogP contribution in [0.1, 0.15) is 18.4 Å². The van der Waals surface area contributed by atoms with Gasteiger partial charge in [-0.05, 0) is 49.7 Å². The molecule has 4 nitrogen and oxygen atoms in total. The molecule has 0 spiro atoms. The molecular weight excluding hydrogens is 372 g/mol. The first-order valence-electron chi connectivity index (χ1n) is 10.1. The van der Waals surface area contributed by atoms with Gasteiger partial charge in [-0.2, -0.15) is 0 Å². The van der Waals surface area contributed by atoms with E-state index in [0.29, 0.717) is 6.42 Å². The van der Waals surface area contributed by atoms with E-state index in [-0.39, 0.29) is 40.1 Å². The lowest BCUT2D eigenvalue weighted by atomic mass is 9.60. The molecule has 0 heterocycles. The van der Waals surface area contributed by atoms with Gasteiger partial charge in [0.05, 0.1) is 10.8 Å². The van der Waals surface area contributed by atoms with Crippen LogP contribution in [-0.4, -0.2) is 24.7 Å². The number of Topliss-reactive ketones (excluding diaryl/α,β-unsaturated/α-hetero) is 2. The molecule has 28 heavy (non-hydrogen) atoms. The smallest absolute Gasteiger partial charge is 0.192 e. The van der Waals surface area contributed by atoms with Crippen molar-refractivity contribution < 1.29 is 18.0 Å². The lowest BCUT2D eigenvalue weighted by molar-refractivity contribution is -0.146. The van der Waals surface area contributed by atoms with Gasteiger partial charge in [-0.1, -0.05) is 42.0 Å². The van der Waals surface area contributed by atoms with Gasteiger partial charge in [0, 0.05) is 17.8 Å². The van der Waals surface area contributed by atoms with Crippen LogP contribution in [0.4, 0.5) is 0 Å². The molecule has 0 N–H and O–H groups in total. The molecule has 144 valence electrons. The Kier molecular flexibility index (Phi) is 3.09. The zero-order valence-corrected chi connectivity index (χ0v) is 16.4. The number of rotatable bonds is 2. The highest BCUT2D eigenvalue weighted by molar-refractivity contribution is 7.93. The summed E-state index contributed by atoms with van der Waals surface area (Å²) in [6.45, 7) is 1.90. The van der Waals surface area contributed by atoms with Crippen LogP contribution in [0.15, 0.2) is 53.5 Å². The molecule has 0 aliphatic heterocycles. The van der Waals surface area contributed by atoms with E-state index in [0.717, 1.165) is 12.0 Å². The Morgan fingerprint density at radius 1 is 0.857 bits per heavy atom. The third kappa shape index (κ3) is 1.68. The molecule has 0 aromatic heterocycles. The average Bonchev–Trinajstić information content (AvgIpc) is 3.45. The van der Waals surface area contributed by atoms with Crippen molar-refractivity contribution in [3.63, 3.8) is 0 Å². The summed E-state index contributed by atoms with van der Waals surface area (Å²) < 4.78 is 26.4. The molecule has 8 atom stereocenters. The summed E-state index contributed by atoms with van der Waals surface area (Å²) >= 11 is 0. The molecule has 6 rings (SSSR count). The molecule has 5 aliphatic carbocycles. The number of allylic oxidation sites excluding steroid dienone is 4. The van der Waals surface area contributed by atoms with Crippen molar-refractivity contribution in [3.05, 3.63) is 54.1 Å². The molecule has 1 aromatic carbocycles. The highest BCUT2D eigenvalue weighted by Gasteiger charge is 2.76. The second-order valence-electron chi connectivity index (χ2n) is 9.24. The largest absolute Gasteiger partial charge is 0.299 e. The molecule has 0 amide bonds. The third-order valence-corrected chi connectivity index (χ3v) is 10.7. The maximum atomic E-state index is 14.0. The van der Waals surface area contributed by atoms with Crippen LogP contribution in [0.3, 0.4) is 0 Å². The SMILES string of the molecule is Cc1ccc(S(=O)(=O)[C@]23C(=O)[C@@H]4[C@H](C(=O)[C@H]2[C@H]2C=C[C@@H]3C2)[C@@H]2C=C[C@H]4C2)cc1. The summed E-state index contributed by atoms with van der Waals surface area (Å²) in [6, 6.07) is 6.72. The minimum Gasteiger partial charge on any atom is -0.299 e. The van der Waals surface area contributed by atoms with Crippen molar-refractivity contribution in [1.82, 2.24) is 0 Å². The summed E-state index contributed by atoms with van der Waals surface area (Å²) in [5.74, 6) is -2.08. The molecule has 0 saturated heterocycles. The number of fused-ring (bicyclic) bond motifs is 10. The second-order valence-corrected chi connectivity index (χ2v) is 11.4. The van der Waals surface area contributed by atoms with Gasteiger partial charge in [0.25, 0.3) is 0 Å². The van der Waals surface area contributed by atoms with Gasteiger partial charge < -0.3 is 0 Å². The molecular formula is C23H22O4S. The average molecular weight is 394 g/mol. The zero-order valence-electron chi connectivity index (χ0n) is 15.6. The molecule has 3 saturated carbocycles. The Morgan fingerprint density at radius 2 is 1.50 bits per heavy atom. The fourth-order valence-corrected chi connectivity index (χ4v) is 9.53. The fourth-order valence-electron chi connectivity index (χ4n) is 7.05. The first-order chi connectivity index (χ1) is 13.4. The first-order valence-corrected chi connectivity index (χ1v) is 11.6. The van der Waals surface area contributed by atoms with Crippen LogP contribution < -0.4 is 0 Å². The van der Waals surface area contributed by atoms with Gasteiger partial charge in [-0.25, -0.2) is 8.42 Å². The van der Waals surface area contributed by atoms with E-state index in [1.807, 2.05) is 25.2 Å². The van der Waals surface area contributed by atoms with Gasteiger partial charge in [-0.15, -0.1) is 0 Å². The number of benzene rings is 1. The van der Waals surface area contributed by atoms with Crippen molar-refractivity contribution >= 4 is 21.4 Å². The second kappa shape index (κ2) is 5.12. The quantitative estimate of drug-likeness (QED) is 0.724. The summed E-state index contributed by atoms with van der Waals surface area (Å²) in [6.07, 6.45) is 9.38. The van der Waals surface area contributed by atoms with E-state index in [4.69, 9.17) is 0 Å². The monoisotopic (exact) mass is 394 g/mol. The minimum absolute atomic E-state index is 0.0144. The van der Waals surface area contributed by atoms with Crippen LogP contribution >= 0.6 is 0 Å². The lowest BCUT2D eigenvalue weighted by Gasteiger charge is -2.48. The van der Waals surface area contributed by atoms with Crippen molar-refractivity contribution in [2.75, 3.05) is 0 Å². The maximum absolute atomic E-state index is 14.0. The molecule has 5 aliphatic rings. The van der Waals surface area contributed by atoms with Crippen LogP contribution in [-0.2, 0) is 19.4 Å². The molecule has 3 fully saturated rings. The number of carbonyl (C=O) groups excluding carboxylic acids is 2. The van der Waals surface area contributed by atoms with E-state index in [2.05, 4.69) is 6.08 Å². The number of carbonyl (C=O) groups is 2. The van der Waals surface area contributed by atoms with Gasteiger partial charge in [0.2, 0.25) is 0 Å². The third-order valence-electron chi connectivity index (χ3n) is 8.12. The van der Waals surface area contributed by atoms with E-state index in [1.54, 1.807) is 24.3 Å². The van der Waals surface area contributed by atoms with Crippen LogP contribution in [0, 0.1) is 48.3 Å². The van der Waals surface area contributed by atoms with Crippen molar-refractivity contribution in [2.24, 2.45) is 41.4 Å². The van der Waals surface area contributed by atoms with Crippen LogP contribution in [0.2, 0.25) is 0 Å². The number of hydrogen-bond donors (Lipinski definition) is 0. The predicted molar refractivity (Wildman–Crippen MR) is 103 cm³/mol. The standard InChI is InChI=1S/C23H22O4S/c1-12-2-8-17(9-3-12)28(26,27)23-16-7-6-15(11-16)20(23)21(24)18-13-4-5-14(10-13)19(18)22(23)25/h2-9,13-16,18-20H,10-11H2,1H3/t13-,14+,15+,16-,18-,19+,20-,23+/m1/s1. The topological polar surface area (TPSA) is 68.3 Å². The first kappa shape index (κ1) is 16.9. The van der Waals surface area contributed by atoms with Gasteiger partial charge in [-0.3, -0.25) is 9.59 Å². The Hall–Kier alpha value is -2.01. The number of sulfone groups is 1. The Balaban J connectivity index is 1.60. The van der Waals surface area contributed by atoms with E-state index in [1.165, 1.54) is 0 Å². The fraction of sp³-hybridized carbons (Fsp3) is 0.478. The summed E-state index contributed by atoms with van der Waals surface area (Å²) in [7, 11) is -3.99. The number of hydrogen-bond acceptors (Lipinski definition) is 4. The summed E-state index contributed by atoms with van der Waals surface area (Å²) in [4.78, 5) is 27.9. The summed E-state index contributed by atoms with van der Waals surface area (Å²) in [5.41, 5.74) is 0.963. The lowest BCUT2D eigenvalue weighted by Crippen LogP contribution is -2.65. The Bertz CT molecular complexity index is 1080. The molecule has 0 radical (unpaired) electrons. The Labute approximate surface area is 164 Å². The highest BCUT2D eigenvalue weighted by Crippen LogP contribution is 2.65. The van der Waals surface area contributed by atoms with Gasteiger partial charge in [0.15, 0.2) is 20.4 Å². The predicted octanol–water partition coefficient (Wildman–Crippen LogP) is 2.92. The number of ketones is 2. The molecule has 5 heteroatoms. The van der Waals surface area contributed by atoms with E-state index >= 15 is 0 Å². The van der Waals surface area contributed by atoms with Gasteiger partial charge in [0.1, 0.15) is 5.78 Å². The molecule has 1 aromatic rings. The van der Waals surface area contributed by atoms with Crippen LogP contribution in [0.5, 0.6) is 0 Å². The molecule has 4 bridgehead atoms. The summed E-state index contributed by atoms with van der Waals surface area (Å²) in [5, 5.41) is 0. The minimum atomic E-state index is -3.99. The number of aryl methyl sites for hydroxylation is 1. The highest BCUT2D eigenvalue weighted by atomic mass is 32.2. The van der Waals surface area contributed by atoms with Crippen LogP contribution in [0.25, 0.3) is 0 Å². The van der Waals surface area contributed by atoms with Crippen molar-refractivity contribution in [1.29, 1.82) is 0 Å². The van der Waals surface area contributed by atoms with Gasteiger partial charge >= 0.3 is 0 Å². The van der Waals surface area contributed by atoms with Crippen molar-refractivity contribution in [2.45, 2.75) is 29.4 Å². The molecule has 0 unspecified atom stereocenters. The Morgan fingerprint density at radius 3 is 2.21 bits per heavy atom. The normalized spacial score (nSPS) is 45.0. The maximum Gasteiger partial charge on any atom is 0.192 e.